The van der Waals surface area contributed by atoms with Crippen molar-refractivity contribution >= 4 is 35.7 Å². The van der Waals surface area contributed by atoms with Crippen LogP contribution in [0.4, 0.5) is 0 Å². The number of thioether (sulfide) groups is 1. The molecule has 0 fully saturated rings. The van der Waals surface area contributed by atoms with Crippen molar-refractivity contribution in [2.24, 2.45) is 0 Å². The van der Waals surface area contributed by atoms with E-state index in [2.05, 4.69) is 48.8 Å². The van der Waals surface area contributed by atoms with E-state index in [0.717, 1.165) is 15.8 Å². The Bertz CT molecular complexity index is 433. The van der Waals surface area contributed by atoms with Crippen LogP contribution in [0.15, 0.2) is 39.6 Å². The Balaban J connectivity index is 2.23. The topological polar surface area (TPSA) is 12.9 Å². The molecule has 0 radical (unpaired) electrons. The van der Waals surface area contributed by atoms with Gasteiger partial charge in [0.1, 0.15) is 10.0 Å². The number of thiol groups is 1. The highest BCUT2D eigenvalue weighted by Crippen LogP contribution is 2.27. The lowest BCUT2D eigenvalue weighted by Crippen LogP contribution is -1.77. The van der Waals surface area contributed by atoms with E-state index < -0.39 is 0 Å². The molecule has 0 aliphatic carbocycles. The summed E-state index contributed by atoms with van der Waals surface area (Å²) in [6.07, 6.45) is 0. The van der Waals surface area contributed by atoms with Crippen LogP contribution in [0.25, 0.3) is 10.6 Å². The normalized spacial score (nSPS) is 10.5. The Labute approximate surface area is 103 Å². The van der Waals surface area contributed by atoms with Crippen molar-refractivity contribution < 1.29 is 0 Å². The highest BCUT2D eigenvalue weighted by molar-refractivity contribution is 7.99. The van der Waals surface area contributed by atoms with Crippen LogP contribution >= 0.6 is 35.7 Å². The van der Waals surface area contributed by atoms with Gasteiger partial charge in [0.15, 0.2) is 0 Å². The summed E-state index contributed by atoms with van der Waals surface area (Å²) in [7, 11) is 0. The standard InChI is InChI=1S/C11H11NS3/c1-2-14-9-5-3-8(4-6-9)11-12-10(13)7-15-11/h3-7,13H,2H2,1H3. The molecular weight excluding hydrogens is 242 g/mol. The van der Waals surface area contributed by atoms with Crippen molar-refractivity contribution in [2.75, 3.05) is 5.75 Å². The molecule has 0 aliphatic heterocycles. The van der Waals surface area contributed by atoms with Gasteiger partial charge < -0.3 is 0 Å². The molecule has 15 heavy (non-hydrogen) atoms. The first-order valence-electron chi connectivity index (χ1n) is 4.67. The van der Waals surface area contributed by atoms with Crippen LogP contribution in [-0.2, 0) is 0 Å². The van der Waals surface area contributed by atoms with E-state index in [1.807, 2.05) is 17.1 Å². The van der Waals surface area contributed by atoms with Gasteiger partial charge in [0.05, 0.1) is 0 Å². The predicted molar refractivity (Wildman–Crippen MR) is 71.2 cm³/mol. The number of hydrogen-bond donors (Lipinski definition) is 1. The van der Waals surface area contributed by atoms with E-state index >= 15 is 0 Å². The van der Waals surface area contributed by atoms with Gasteiger partial charge in [0.2, 0.25) is 0 Å². The second kappa shape index (κ2) is 5.05. The largest absolute Gasteiger partial charge is 0.230 e. The first-order valence-corrected chi connectivity index (χ1v) is 6.98. The number of aromatic nitrogens is 1. The Kier molecular flexibility index (Phi) is 3.72. The summed E-state index contributed by atoms with van der Waals surface area (Å²) >= 11 is 7.68. The highest BCUT2D eigenvalue weighted by atomic mass is 32.2. The van der Waals surface area contributed by atoms with Crippen molar-refractivity contribution in [3.05, 3.63) is 29.6 Å². The zero-order valence-electron chi connectivity index (χ0n) is 8.30. The van der Waals surface area contributed by atoms with Crippen LogP contribution in [0.1, 0.15) is 6.92 Å². The molecule has 2 aromatic rings. The lowest BCUT2D eigenvalue weighted by Gasteiger charge is -1.99. The summed E-state index contributed by atoms with van der Waals surface area (Å²) in [4.78, 5) is 5.64. The summed E-state index contributed by atoms with van der Waals surface area (Å²) in [5, 5.41) is 3.78. The molecule has 78 valence electrons. The maximum Gasteiger partial charge on any atom is 0.124 e. The fraction of sp³-hybridized carbons (Fsp3) is 0.182. The fourth-order valence-electron chi connectivity index (χ4n) is 1.26. The van der Waals surface area contributed by atoms with Gasteiger partial charge in [-0.05, 0) is 17.9 Å². The molecule has 0 saturated carbocycles. The number of thiazole rings is 1. The molecule has 0 amide bonds. The molecule has 0 bridgehead atoms. The Morgan fingerprint density at radius 3 is 2.60 bits per heavy atom. The average molecular weight is 253 g/mol. The van der Waals surface area contributed by atoms with E-state index in [1.165, 1.54) is 10.5 Å². The van der Waals surface area contributed by atoms with Crippen molar-refractivity contribution in [1.29, 1.82) is 0 Å². The molecule has 0 saturated heterocycles. The van der Waals surface area contributed by atoms with Crippen molar-refractivity contribution in [2.45, 2.75) is 16.8 Å². The molecule has 0 aliphatic rings. The summed E-state index contributed by atoms with van der Waals surface area (Å²) in [5.41, 5.74) is 1.17. The third kappa shape index (κ3) is 2.77. The Morgan fingerprint density at radius 1 is 1.33 bits per heavy atom. The molecule has 2 rings (SSSR count). The zero-order chi connectivity index (χ0) is 10.7. The van der Waals surface area contributed by atoms with Gasteiger partial charge >= 0.3 is 0 Å². The maximum atomic E-state index is 4.33. The third-order valence-electron chi connectivity index (χ3n) is 1.90. The van der Waals surface area contributed by atoms with Crippen LogP contribution in [0.5, 0.6) is 0 Å². The number of benzene rings is 1. The minimum absolute atomic E-state index is 0.794. The molecule has 1 aromatic heterocycles. The van der Waals surface area contributed by atoms with Gasteiger partial charge in [0.25, 0.3) is 0 Å². The van der Waals surface area contributed by atoms with Crippen molar-refractivity contribution in [1.82, 2.24) is 4.98 Å². The second-order valence-corrected chi connectivity index (χ2v) is 5.62. The highest BCUT2D eigenvalue weighted by Gasteiger charge is 2.02. The number of rotatable bonds is 3. The molecular formula is C11H11NS3. The second-order valence-electron chi connectivity index (χ2n) is 2.97. The number of hydrogen-bond acceptors (Lipinski definition) is 4. The first-order chi connectivity index (χ1) is 7.29. The summed E-state index contributed by atoms with van der Waals surface area (Å²) in [5.74, 6) is 1.11. The van der Waals surface area contributed by atoms with Gasteiger partial charge in [-0.25, -0.2) is 4.98 Å². The maximum absolute atomic E-state index is 4.33. The van der Waals surface area contributed by atoms with Crippen LogP contribution in [0.3, 0.4) is 0 Å². The SMILES string of the molecule is CCSc1ccc(-c2nc(S)cs2)cc1. The monoisotopic (exact) mass is 253 g/mol. The van der Waals surface area contributed by atoms with E-state index in [4.69, 9.17) is 0 Å². The first kappa shape index (κ1) is 11.0. The van der Waals surface area contributed by atoms with Crippen molar-refractivity contribution in [3.8, 4) is 10.6 Å². The fourth-order valence-corrected chi connectivity index (χ4v) is 2.94. The van der Waals surface area contributed by atoms with E-state index in [-0.39, 0.29) is 0 Å². The zero-order valence-corrected chi connectivity index (χ0v) is 10.8. The average Bonchev–Trinajstić information content (AvgIpc) is 2.67. The van der Waals surface area contributed by atoms with E-state index in [0.29, 0.717) is 0 Å². The van der Waals surface area contributed by atoms with Crippen LogP contribution in [0.2, 0.25) is 0 Å². The number of nitrogens with zero attached hydrogens (tertiary/aromatic N) is 1. The lowest BCUT2D eigenvalue weighted by atomic mass is 10.2. The molecule has 0 spiro atoms. The quantitative estimate of drug-likeness (QED) is 0.650. The molecule has 1 heterocycles. The van der Waals surface area contributed by atoms with Crippen LogP contribution in [0, 0.1) is 0 Å². The summed E-state index contributed by atoms with van der Waals surface area (Å²) < 4.78 is 0. The van der Waals surface area contributed by atoms with E-state index in [9.17, 15) is 0 Å². The molecule has 1 nitrogen and oxygen atoms in total. The molecule has 0 unspecified atom stereocenters. The molecule has 1 aromatic carbocycles. The predicted octanol–water partition coefficient (Wildman–Crippen LogP) is 4.21. The van der Waals surface area contributed by atoms with Crippen LogP contribution < -0.4 is 0 Å². The smallest absolute Gasteiger partial charge is 0.124 e. The van der Waals surface area contributed by atoms with Gasteiger partial charge in [-0.2, -0.15) is 0 Å². The third-order valence-corrected chi connectivity index (χ3v) is 4.09. The minimum atomic E-state index is 0.794. The Morgan fingerprint density at radius 2 is 2.07 bits per heavy atom. The molecule has 0 N–H and O–H groups in total. The van der Waals surface area contributed by atoms with Gasteiger partial charge in [-0.15, -0.1) is 35.7 Å². The molecule has 0 atom stereocenters. The van der Waals surface area contributed by atoms with Gasteiger partial charge in [0, 0.05) is 15.8 Å². The summed E-state index contributed by atoms with van der Waals surface area (Å²) in [6, 6.07) is 8.51. The van der Waals surface area contributed by atoms with Crippen molar-refractivity contribution in [3.63, 3.8) is 0 Å². The Hall–Kier alpha value is -0.450. The summed E-state index contributed by atoms with van der Waals surface area (Å²) in [6.45, 7) is 2.16. The van der Waals surface area contributed by atoms with Gasteiger partial charge in [-0.1, -0.05) is 19.1 Å². The minimum Gasteiger partial charge on any atom is -0.230 e. The van der Waals surface area contributed by atoms with E-state index in [1.54, 1.807) is 11.3 Å². The lowest BCUT2D eigenvalue weighted by molar-refractivity contribution is 1.22. The van der Waals surface area contributed by atoms with Gasteiger partial charge in [-0.3, -0.25) is 0 Å². The van der Waals surface area contributed by atoms with Crippen LogP contribution in [-0.4, -0.2) is 10.7 Å². The molecule has 4 heteroatoms.